The van der Waals surface area contributed by atoms with Crippen molar-refractivity contribution in [2.45, 2.75) is 50.1 Å². The molecule has 0 spiro atoms. The van der Waals surface area contributed by atoms with Gasteiger partial charge >= 0.3 is 11.4 Å². The number of H-pyrrole nitrogens is 2. The molecular formula is C20H26N8O4S2. The molecule has 0 aliphatic rings. The van der Waals surface area contributed by atoms with Crippen LogP contribution in [-0.2, 0) is 14.1 Å². The maximum atomic E-state index is 12.5. The number of nitrogens with zero attached hydrogens (tertiary/aromatic N) is 6. The number of aromatic nitrogens is 8. The van der Waals surface area contributed by atoms with Gasteiger partial charge in [-0.25, -0.2) is 19.6 Å². The third kappa shape index (κ3) is 3.94. The Morgan fingerprint density at radius 2 is 1.06 bits per heavy atom. The first-order valence-electron chi connectivity index (χ1n) is 10.7. The predicted octanol–water partition coefficient (Wildman–Crippen LogP) is 1.21. The topological polar surface area (TPSA) is 145 Å². The molecule has 4 rings (SSSR count). The maximum Gasteiger partial charge on any atom is 0.329 e. The minimum Gasteiger partial charge on any atom is -0.311 e. The number of thioether (sulfide) groups is 2. The van der Waals surface area contributed by atoms with E-state index in [0.717, 1.165) is 0 Å². The molecule has 34 heavy (non-hydrogen) atoms. The van der Waals surface area contributed by atoms with E-state index < -0.39 is 22.5 Å². The highest BCUT2D eigenvalue weighted by molar-refractivity contribution is 8.02. The van der Waals surface area contributed by atoms with Crippen molar-refractivity contribution in [2.24, 2.45) is 14.1 Å². The lowest BCUT2D eigenvalue weighted by Gasteiger charge is -2.13. The molecule has 0 aromatic carbocycles. The van der Waals surface area contributed by atoms with Gasteiger partial charge in [-0.1, -0.05) is 23.5 Å². The van der Waals surface area contributed by atoms with E-state index in [9.17, 15) is 19.2 Å². The Bertz CT molecular complexity index is 1510. The molecule has 0 saturated heterocycles. The van der Waals surface area contributed by atoms with Crippen molar-refractivity contribution < 1.29 is 0 Å². The molecule has 0 aliphatic heterocycles. The smallest absolute Gasteiger partial charge is 0.311 e. The van der Waals surface area contributed by atoms with Gasteiger partial charge in [-0.3, -0.25) is 28.7 Å². The number of rotatable bonds is 7. The monoisotopic (exact) mass is 506 g/mol. The van der Waals surface area contributed by atoms with Crippen LogP contribution in [0.25, 0.3) is 22.3 Å². The number of imidazole rings is 2. The van der Waals surface area contributed by atoms with Gasteiger partial charge in [0.25, 0.3) is 11.1 Å². The molecule has 0 aliphatic carbocycles. The molecular weight excluding hydrogens is 480 g/mol. The lowest BCUT2D eigenvalue weighted by molar-refractivity contribution is 0.564. The second kappa shape index (κ2) is 8.98. The van der Waals surface area contributed by atoms with Gasteiger partial charge in [0.05, 0.1) is 0 Å². The van der Waals surface area contributed by atoms with Gasteiger partial charge in [-0.05, 0) is 27.7 Å². The van der Waals surface area contributed by atoms with Gasteiger partial charge in [0.15, 0.2) is 32.6 Å². The number of fused-ring (bicyclic) bond motifs is 2. The zero-order chi connectivity index (χ0) is 24.9. The van der Waals surface area contributed by atoms with Crippen LogP contribution >= 0.6 is 23.5 Å². The molecule has 182 valence electrons. The standard InChI is InChI=1S/C20H26N8O4S2/c1-9(2)27-11-13(25(5)17(31)23-15(11)29)21-19(27)33-7-8-34-20-22-14-12(28(20)10(3)4)16(30)24-18(32)26(14)6/h9-10H,7-8H2,1-6H3,(H,23,29,31)(H,24,30,32). The van der Waals surface area contributed by atoms with Crippen molar-refractivity contribution in [3.63, 3.8) is 0 Å². The van der Waals surface area contributed by atoms with Crippen LogP contribution in [-0.4, -0.2) is 49.7 Å². The summed E-state index contributed by atoms with van der Waals surface area (Å²) in [7, 11) is 3.15. The average Bonchev–Trinajstić information content (AvgIpc) is 3.33. The first-order valence-corrected chi connectivity index (χ1v) is 12.7. The van der Waals surface area contributed by atoms with E-state index in [-0.39, 0.29) is 12.1 Å². The molecule has 12 nitrogen and oxygen atoms in total. The summed E-state index contributed by atoms with van der Waals surface area (Å²) in [6.07, 6.45) is 0. The molecule has 4 aromatic rings. The van der Waals surface area contributed by atoms with E-state index in [1.165, 1.54) is 32.7 Å². The van der Waals surface area contributed by atoms with E-state index in [2.05, 4.69) is 19.9 Å². The Kier molecular flexibility index (Phi) is 6.38. The normalized spacial score (nSPS) is 12.1. The van der Waals surface area contributed by atoms with Crippen molar-refractivity contribution in [1.29, 1.82) is 0 Å². The van der Waals surface area contributed by atoms with E-state index in [4.69, 9.17) is 0 Å². The minimum absolute atomic E-state index is 0.0306. The SMILES string of the molecule is CC(C)n1c(SCCSc2nc3c(c(=O)[nH]c(=O)n3C)n2C(C)C)nc2c1c(=O)[nH]c(=O)n2C. The van der Waals surface area contributed by atoms with Crippen LogP contribution in [0.3, 0.4) is 0 Å². The van der Waals surface area contributed by atoms with E-state index in [0.29, 0.717) is 44.1 Å². The van der Waals surface area contributed by atoms with Gasteiger partial charge in [-0.15, -0.1) is 0 Å². The van der Waals surface area contributed by atoms with Crippen molar-refractivity contribution >= 4 is 45.9 Å². The maximum absolute atomic E-state index is 12.5. The van der Waals surface area contributed by atoms with E-state index in [1.54, 1.807) is 14.1 Å². The summed E-state index contributed by atoms with van der Waals surface area (Å²) < 4.78 is 6.34. The molecule has 0 amide bonds. The first kappa shape index (κ1) is 24.1. The second-order valence-corrected chi connectivity index (χ2v) is 10.5. The van der Waals surface area contributed by atoms with Gasteiger partial charge in [-0.2, -0.15) is 0 Å². The predicted molar refractivity (Wildman–Crippen MR) is 133 cm³/mol. The molecule has 14 heteroatoms. The van der Waals surface area contributed by atoms with Crippen LogP contribution in [0.2, 0.25) is 0 Å². The van der Waals surface area contributed by atoms with Crippen molar-refractivity contribution in [1.82, 2.24) is 38.2 Å². The third-order valence-electron chi connectivity index (χ3n) is 5.41. The summed E-state index contributed by atoms with van der Waals surface area (Å²) in [5.41, 5.74) is -0.490. The highest BCUT2D eigenvalue weighted by Gasteiger charge is 2.21. The van der Waals surface area contributed by atoms with Crippen LogP contribution in [0.4, 0.5) is 0 Å². The summed E-state index contributed by atoms with van der Waals surface area (Å²) >= 11 is 2.95. The molecule has 0 bridgehead atoms. The summed E-state index contributed by atoms with van der Waals surface area (Å²) in [5.74, 6) is 1.28. The minimum atomic E-state index is -0.505. The Balaban J connectivity index is 1.62. The number of hydrogen-bond donors (Lipinski definition) is 2. The second-order valence-electron chi connectivity index (χ2n) is 8.39. The largest absolute Gasteiger partial charge is 0.329 e. The van der Waals surface area contributed by atoms with Crippen molar-refractivity contribution in [2.75, 3.05) is 11.5 Å². The van der Waals surface area contributed by atoms with E-state index >= 15 is 0 Å². The molecule has 0 unspecified atom stereocenters. The zero-order valence-corrected chi connectivity index (χ0v) is 21.3. The van der Waals surface area contributed by atoms with Crippen molar-refractivity contribution in [3.05, 3.63) is 41.7 Å². The molecule has 4 aromatic heterocycles. The molecule has 4 heterocycles. The van der Waals surface area contributed by atoms with Crippen LogP contribution in [0.1, 0.15) is 39.8 Å². The zero-order valence-electron chi connectivity index (χ0n) is 19.7. The lowest BCUT2D eigenvalue weighted by Crippen LogP contribution is -2.29. The van der Waals surface area contributed by atoms with Crippen LogP contribution in [0, 0.1) is 0 Å². The fraction of sp³-hybridized carbons (Fsp3) is 0.500. The Hall–Kier alpha value is -3.00. The number of hydrogen-bond acceptors (Lipinski definition) is 8. The number of nitrogens with one attached hydrogen (secondary N) is 2. The Morgan fingerprint density at radius 3 is 1.38 bits per heavy atom. The third-order valence-corrected chi connectivity index (χ3v) is 7.58. The first-order chi connectivity index (χ1) is 16.0. The van der Waals surface area contributed by atoms with Gasteiger partial charge in [0.1, 0.15) is 0 Å². The molecule has 0 atom stereocenters. The quantitative estimate of drug-likeness (QED) is 0.281. The van der Waals surface area contributed by atoms with Crippen LogP contribution < -0.4 is 22.5 Å². The van der Waals surface area contributed by atoms with Gasteiger partial charge in [0.2, 0.25) is 0 Å². The van der Waals surface area contributed by atoms with E-state index in [1.807, 2.05) is 36.8 Å². The summed E-state index contributed by atoms with van der Waals surface area (Å²) in [6.45, 7) is 7.82. The van der Waals surface area contributed by atoms with Crippen LogP contribution in [0.15, 0.2) is 29.5 Å². The fourth-order valence-electron chi connectivity index (χ4n) is 3.79. The number of aryl methyl sites for hydroxylation is 2. The Morgan fingerprint density at radius 1 is 0.706 bits per heavy atom. The fourth-order valence-corrected chi connectivity index (χ4v) is 6.01. The summed E-state index contributed by atoms with van der Waals surface area (Å²) in [4.78, 5) is 62.7. The highest BCUT2D eigenvalue weighted by Crippen LogP contribution is 2.29. The lowest BCUT2D eigenvalue weighted by atomic mass is 10.4. The summed E-state index contributed by atoms with van der Waals surface area (Å²) in [6, 6.07) is -0.0613. The van der Waals surface area contributed by atoms with Crippen molar-refractivity contribution in [3.8, 4) is 0 Å². The molecule has 2 N–H and O–H groups in total. The Labute approximate surface area is 201 Å². The average molecular weight is 507 g/mol. The molecule has 0 radical (unpaired) electrons. The number of aromatic amines is 2. The van der Waals surface area contributed by atoms with Gasteiger partial charge in [0, 0.05) is 37.7 Å². The molecule has 0 fully saturated rings. The summed E-state index contributed by atoms with van der Waals surface area (Å²) in [5, 5.41) is 1.29. The highest BCUT2D eigenvalue weighted by atomic mass is 32.2. The molecule has 0 saturated carbocycles. The van der Waals surface area contributed by atoms with Gasteiger partial charge < -0.3 is 9.13 Å². The van der Waals surface area contributed by atoms with Crippen LogP contribution in [0.5, 0.6) is 0 Å².